The van der Waals surface area contributed by atoms with E-state index >= 15 is 0 Å². The zero-order valence-electron chi connectivity index (χ0n) is 13.2. The maximum atomic E-state index is 13.3. The van der Waals surface area contributed by atoms with Gasteiger partial charge in [0.2, 0.25) is 5.91 Å². The summed E-state index contributed by atoms with van der Waals surface area (Å²) >= 11 is 0. The van der Waals surface area contributed by atoms with Crippen LogP contribution in [0.4, 0.5) is 13.2 Å². The molecule has 0 unspecified atom stereocenters. The zero-order valence-corrected chi connectivity index (χ0v) is 13.2. The molecule has 0 aliphatic rings. The number of carbonyl (C=O) groups excluding carboxylic acids is 1. The normalized spacial score (nSPS) is 16.7. The quantitative estimate of drug-likeness (QED) is 0.894. The molecule has 0 saturated heterocycles. The minimum absolute atomic E-state index is 0.293. The molecule has 0 radical (unpaired) electrons. The summed E-state index contributed by atoms with van der Waals surface area (Å²) in [6.07, 6.45) is -6.02. The first-order valence-electron chi connectivity index (χ1n) is 7.02. The maximum Gasteiger partial charge on any atom is 0.421 e. The molecule has 0 heterocycles. The Kier molecular flexibility index (Phi) is 5.28. The van der Waals surface area contributed by atoms with Gasteiger partial charge in [0.15, 0.2) is 5.60 Å². The number of nitrogens with one attached hydrogen (secondary N) is 1. The lowest BCUT2D eigenvalue weighted by Crippen LogP contribution is -2.49. The van der Waals surface area contributed by atoms with E-state index in [9.17, 15) is 23.1 Å². The molecule has 2 N–H and O–H groups in total. The Bertz CT molecular complexity index is 508. The van der Waals surface area contributed by atoms with Crippen LogP contribution >= 0.6 is 0 Å². The summed E-state index contributed by atoms with van der Waals surface area (Å²) in [4.78, 5) is 12.0. The molecule has 22 heavy (non-hydrogen) atoms. The molecule has 124 valence electrons. The van der Waals surface area contributed by atoms with Gasteiger partial charge in [0, 0.05) is 6.04 Å². The van der Waals surface area contributed by atoms with Crippen molar-refractivity contribution in [2.75, 3.05) is 0 Å². The Morgan fingerprint density at radius 1 is 1.18 bits per heavy atom. The highest BCUT2D eigenvalue weighted by molar-refractivity contribution is 5.77. The highest BCUT2D eigenvalue weighted by Gasteiger charge is 2.56. The molecule has 0 aliphatic heterocycles. The lowest BCUT2D eigenvalue weighted by molar-refractivity contribution is -0.267. The van der Waals surface area contributed by atoms with Crippen LogP contribution in [0.5, 0.6) is 0 Å². The van der Waals surface area contributed by atoms with Crippen molar-refractivity contribution in [3.05, 3.63) is 35.9 Å². The van der Waals surface area contributed by atoms with Crippen LogP contribution in [0.2, 0.25) is 0 Å². The van der Waals surface area contributed by atoms with Crippen molar-refractivity contribution in [1.29, 1.82) is 0 Å². The molecule has 0 aliphatic carbocycles. The Morgan fingerprint density at radius 3 is 2.09 bits per heavy atom. The van der Waals surface area contributed by atoms with Gasteiger partial charge in [-0.2, -0.15) is 13.2 Å². The van der Waals surface area contributed by atoms with Crippen molar-refractivity contribution in [2.24, 2.45) is 5.41 Å². The van der Waals surface area contributed by atoms with Gasteiger partial charge in [-0.05, 0) is 17.9 Å². The number of hydrogen-bond acceptors (Lipinski definition) is 2. The second kappa shape index (κ2) is 6.28. The highest BCUT2D eigenvalue weighted by atomic mass is 19.4. The topological polar surface area (TPSA) is 49.3 Å². The average molecular weight is 317 g/mol. The number of halogens is 3. The number of alkyl halides is 3. The first-order chi connectivity index (χ1) is 9.88. The molecule has 0 bridgehead atoms. The molecule has 0 aromatic heterocycles. The third-order valence-corrected chi connectivity index (χ3v) is 3.81. The van der Waals surface area contributed by atoms with Crippen LogP contribution in [0.1, 0.15) is 39.7 Å². The Morgan fingerprint density at radius 2 is 1.68 bits per heavy atom. The lowest BCUT2D eigenvalue weighted by atomic mass is 9.86. The van der Waals surface area contributed by atoms with Crippen LogP contribution < -0.4 is 5.32 Å². The lowest BCUT2D eigenvalue weighted by Gasteiger charge is -2.33. The van der Waals surface area contributed by atoms with E-state index < -0.39 is 24.1 Å². The second-order valence-corrected chi connectivity index (χ2v) is 6.56. The summed E-state index contributed by atoms with van der Waals surface area (Å²) in [5.41, 5.74) is -3.84. The SMILES string of the molecule is C[C@@H](NC(=O)C[C@](O)(c1ccccc1)C(F)(F)F)C(C)(C)C. The molecule has 0 fully saturated rings. The predicted molar refractivity (Wildman–Crippen MR) is 78.1 cm³/mol. The molecular weight excluding hydrogens is 295 g/mol. The number of amides is 1. The highest BCUT2D eigenvalue weighted by Crippen LogP contribution is 2.41. The molecule has 3 nitrogen and oxygen atoms in total. The minimum Gasteiger partial charge on any atom is -0.376 e. The summed E-state index contributed by atoms with van der Waals surface area (Å²) in [6, 6.07) is 6.32. The van der Waals surface area contributed by atoms with Crippen LogP contribution in [-0.2, 0) is 10.4 Å². The van der Waals surface area contributed by atoms with E-state index in [0.29, 0.717) is 0 Å². The molecule has 6 heteroatoms. The monoisotopic (exact) mass is 317 g/mol. The summed E-state index contributed by atoms with van der Waals surface area (Å²) < 4.78 is 39.9. The summed E-state index contributed by atoms with van der Waals surface area (Å²) in [5.74, 6) is -0.842. The van der Waals surface area contributed by atoms with E-state index in [-0.39, 0.29) is 17.0 Å². The van der Waals surface area contributed by atoms with Crippen molar-refractivity contribution >= 4 is 5.91 Å². The summed E-state index contributed by atoms with van der Waals surface area (Å²) in [6.45, 7) is 7.31. The van der Waals surface area contributed by atoms with Crippen molar-refractivity contribution in [2.45, 2.75) is 51.9 Å². The third-order valence-electron chi connectivity index (χ3n) is 3.81. The van der Waals surface area contributed by atoms with Crippen LogP contribution in [0.25, 0.3) is 0 Å². The number of carbonyl (C=O) groups is 1. The standard InChI is InChI=1S/C16H22F3NO2/c1-11(14(2,3)4)20-13(21)10-15(22,16(17,18)19)12-8-6-5-7-9-12/h5-9,11,22H,10H2,1-4H3,(H,20,21)/t11-,15+/m1/s1. The molecule has 2 atom stereocenters. The zero-order chi connectivity index (χ0) is 17.2. The molecule has 0 spiro atoms. The van der Waals surface area contributed by atoms with Gasteiger partial charge in [0.25, 0.3) is 0 Å². The molecule has 1 aromatic carbocycles. The van der Waals surface area contributed by atoms with E-state index in [4.69, 9.17) is 0 Å². The van der Waals surface area contributed by atoms with Crippen molar-refractivity contribution in [1.82, 2.24) is 5.32 Å². The molecule has 1 rings (SSSR count). The Balaban J connectivity index is 3.00. The van der Waals surface area contributed by atoms with Gasteiger partial charge in [0.1, 0.15) is 0 Å². The fraction of sp³-hybridized carbons (Fsp3) is 0.562. The number of hydrogen-bond donors (Lipinski definition) is 2. The van der Waals surface area contributed by atoms with E-state index in [0.717, 1.165) is 12.1 Å². The van der Waals surface area contributed by atoms with Crippen LogP contribution in [0, 0.1) is 5.41 Å². The Hall–Kier alpha value is -1.56. The van der Waals surface area contributed by atoms with Gasteiger partial charge in [-0.15, -0.1) is 0 Å². The molecule has 0 saturated carbocycles. The number of benzene rings is 1. The summed E-state index contributed by atoms with van der Waals surface area (Å²) in [5, 5.41) is 12.6. The van der Waals surface area contributed by atoms with Crippen molar-refractivity contribution in [3.63, 3.8) is 0 Å². The average Bonchev–Trinajstić information content (AvgIpc) is 2.37. The van der Waals surface area contributed by atoms with E-state index in [1.807, 2.05) is 20.8 Å². The maximum absolute atomic E-state index is 13.3. The molecule has 1 aromatic rings. The number of aliphatic hydroxyl groups is 1. The third kappa shape index (κ3) is 4.22. The molecular formula is C16H22F3NO2. The van der Waals surface area contributed by atoms with Gasteiger partial charge in [-0.1, -0.05) is 51.1 Å². The van der Waals surface area contributed by atoms with E-state index in [1.165, 1.54) is 12.1 Å². The van der Waals surface area contributed by atoms with Gasteiger partial charge >= 0.3 is 6.18 Å². The fourth-order valence-corrected chi connectivity index (χ4v) is 1.82. The fourth-order valence-electron chi connectivity index (χ4n) is 1.82. The van der Waals surface area contributed by atoms with Crippen LogP contribution in [0.3, 0.4) is 0 Å². The van der Waals surface area contributed by atoms with Crippen molar-refractivity contribution in [3.8, 4) is 0 Å². The summed E-state index contributed by atoms with van der Waals surface area (Å²) in [7, 11) is 0. The predicted octanol–water partition coefficient (Wildman–Crippen LogP) is 3.38. The van der Waals surface area contributed by atoms with Crippen LogP contribution in [0.15, 0.2) is 30.3 Å². The smallest absolute Gasteiger partial charge is 0.376 e. The largest absolute Gasteiger partial charge is 0.421 e. The van der Waals surface area contributed by atoms with Gasteiger partial charge < -0.3 is 10.4 Å². The molecule has 1 amide bonds. The van der Waals surface area contributed by atoms with Gasteiger partial charge in [-0.25, -0.2) is 0 Å². The second-order valence-electron chi connectivity index (χ2n) is 6.56. The van der Waals surface area contributed by atoms with Crippen LogP contribution in [-0.4, -0.2) is 23.2 Å². The first-order valence-corrected chi connectivity index (χ1v) is 7.02. The minimum atomic E-state index is -4.95. The van der Waals surface area contributed by atoms with Crippen molar-refractivity contribution < 1.29 is 23.1 Å². The first kappa shape index (κ1) is 18.5. The van der Waals surface area contributed by atoms with E-state index in [2.05, 4.69) is 5.32 Å². The van der Waals surface area contributed by atoms with Gasteiger partial charge in [0.05, 0.1) is 6.42 Å². The van der Waals surface area contributed by atoms with Gasteiger partial charge in [-0.3, -0.25) is 4.79 Å². The Labute approximate surface area is 128 Å². The number of rotatable bonds is 4. The van der Waals surface area contributed by atoms with E-state index in [1.54, 1.807) is 13.0 Å².